The highest BCUT2D eigenvalue weighted by molar-refractivity contribution is 7.22. The summed E-state index contributed by atoms with van der Waals surface area (Å²) in [6.45, 7) is 3.26. The number of ether oxygens (including phenoxy) is 2. The summed E-state index contributed by atoms with van der Waals surface area (Å²) < 4.78 is 12.1. The average molecular weight is 400 g/mol. The summed E-state index contributed by atoms with van der Waals surface area (Å²) in [7, 11) is 5.59. The van der Waals surface area contributed by atoms with Gasteiger partial charge in [-0.25, -0.2) is 4.98 Å². The Kier molecular flexibility index (Phi) is 6.49. The van der Waals surface area contributed by atoms with E-state index < -0.39 is 0 Å². The number of benzene rings is 2. The first-order valence-electron chi connectivity index (χ1n) is 9.06. The molecule has 0 unspecified atom stereocenters. The number of para-hydroxylation sites is 1. The fourth-order valence-electron chi connectivity index (χ4n) is 2.75. The maximum Gasteiger partial charge on any atom is 0.266 e. The third kappa shape index (κ3) is 4.61. The van der Waals surface area contributed by atoms with Crippen LogP contribution in [0.4, 0.5) is 5.13 Å². The van der Waals surface area contributed by atoms with Crippen molar-refractivity contribution in [3.8, 4) is 11.5 Å². The molecule has 7 heteroatoms. The summed E-state index contributed by atoms with van der Waals surface area (Å²) in [5.41, 5.74) is 1.90. The zero-order valence-corrected chi connectivity index (χ0v) is 17.5. The van der Waals surface area contributed by atoms with Gasteiger partial charge in [0.05, 0.1) is 11.8 Å². The monoisotopic (exact) mass is 399 g/mol. The van der Waals surface area contributed by atoms with Gasteiger partial charge in [-0.1, -0.05) is 35.6 Å². The number of carbonyl (C=O) groups excluding carboxylic acids is 1. The molecule has 0 saturated heterocycles. The van der Waals surface area contributed by atoms with E-state index in [1.807, 2.05) is 68.4 Å². The van der Waals surface area contributed by atoms with E-state index in [2.05, 4.69) is 0 Å². The minimum Gasteiger partial charge on any atom is -0.494 e. The number of aryl methyl sites for hydroxylation is 1. The highest BCUT2D eigenvalue weighted by atomic mass is 32.1. The quantitative estimate of drug-likeness (QED) is 0.579. The van der Waals surface area contributed by atoms with E-state index in [1.165, 1.54) is 11.3 Å². The fourth-order valence-corrected chi connectivity index (χ4v) is 3.84. The molecule has 0 aliphatic rings. The molecular formula is C21H25N3O3S. The van der Waals surface area contributed by atoms with Gasteiger partial charge in [-0.3, -0.25) is 9.69 Å². The van der Waals surface area contributed by atoms with Crippen LogP contribution in [0.2, 0.25) is 0 Å². The van der Waals surface area contributed by atoms with Gasteiger partial charge in [0.2, 0.25) is 0 Å². The van der Waals surface area contributed by atoms with Crippen molar-refractivity contribution in [2.45, 2.75) is 6.92 Å². The Bertz CT molecular complexity index is 941. The fraction of sp³-hybridized carbons (Fsp3) is 0.333. The van der Waals surface area contributed by atoms with Crippen molar-refractivity contribution >= 4 is 32.6 Å². The zero-order chi connectivity index (χ0) is 20.1. The number of likely N-dealkylation sites (N-methyl/N-ethyl adjacent to an activating group) is 1. The molecule has 0 spiro atoms. The van der Waals surface area contributed by atoms with Crippen LogP contribution in [0.15, 0.2) is 42.5 Å². The summed E-state index contributed by atoms with van der Waals surface area (Å²) in [5.74, 6) is 1.26. The lowest BCUT2D eigenvalue weighted by Crippen LogP contribution is -2.39. The van der Waals surface area contributed by atoms with E-state index in [0.717, 1.165) is 22.3 Å². The summed E-state index contributed by atoms with van der Waals surface area (Å²) >= 11 is 1.50. The number of methoxy groups -OCH3 is 1. The van der Waals surface area contributed by atoms with Crippen LogP contribution in [0.5, 0.6) is 11.5 Å². The molecule has 0 fully saturated rings. The molecule has 0 saturated carbocycles. The molecule has 0 radical (unpaired) electrons. The molecule has 6 nitrogen and oxygen atoms in total. The number of hydrogen-bond donors (Lipinski definition) is 0. The zero-order valence-electron chi connectivity index (χ0n) is 16.6. The van der Waals surface area contributed by atoms with E-state index in [1.54, 1.807) is 12.0 Å². The van der Waals surface area contributed by atoms with Crippen LogP contribution in [-0.4, -0.2) is 56.7 Å². The Morgan fingerprint density at radius 3 is 2.54 bits per heavy atom. The summed E-state index contributed by atoms with van der Waals surface area (Å²) in [5, 5.41) is 0.658. The predicted octanol–water partition coefficient (Wildman–Crippen LogP) is 3.59. The van der Waals surface area contributed by atoms with Crippen molar-refractivity contribution in [1.82, 2.24) is 9.88 Å². The first-order valence-corrected chi connectivity index (χ1v) is 9.88. The summed E-state index contributed by atoms with van der Waals surface area (Å²) in [6.07, 6.45) is 0. The van der Waals surface area contributed by atoms with E-state index >= 15 is 0 Å². The van der Waals surface area contributed by atoms with Gasteiger partial charge in [-0.15, -0.1) is 0 Å². The topological polar surface area (TPSA) is 54.9 Å². The van der Waals surface area contributed by atoms with Crippen LogP contribution in [0, 0.1) is 6.92 Å². The van der Waals surface area contributed by atoms with Crippen molar-refractivity contribution in [2.24, 2.45) is 0 Å². The van der Waals surface area contributed by atoms with Crippen molar-refractivity contribution in [3.63, 3.8) is 0 Å². The number of thiazole rings is 1. The van der Waals surface area contributed by atoms with Gasteiger partial charge in [0.15, 0.2) is 11.7 Å². The van der Waals surface area contributed by atoms with Gasteiger partial charge in [-0.05, 0) is 44.8 Å². The lowest BCUT2D eigenvalue weighted by atomic mass is 10.2. The van der Waals surface area contributed by atoms with Crippen LogP contribution in [-0.2, 0) is 4.79 Å². The number of aromatic nitrogens is 1. The molecule has 1 amide bonds. The second-order valence-corrected chi connectivity index (χ2v) is 7.69. The van der Waals surface area contributed by atoms with E-state index in [0.29, 0.717) is 23.2 Å². The van der Waals surface area contributed by atoms with Gasteiger partial charge in [0.25, 0.3) is 5.91 Å². The second kappa shape index (κ2) is 9.03. The van der Waals surface area contributed by atoms with Crippen LogP contribution in [0.1, 0.15) is 5.56 Å². The Labute approximate surface area is 169 Å². The van der Waals surface area contributed by atoms with E-state index in [4.69, 9.17) is 14.5 Å². The maximum atomic E-state index is 13.0. The van der Waals surface area contributed by atoms with Gasteiger partial charge >= 0.3 is 0 Å². The smallest absolute Gasteiger partial charge is 0.266 e. The van der Waals surface area contributed by atoms with Gasteiger partial charge in [0, 0.05) is 13.1 Å². The molecule has 1 aromatic heterocycles. The van der Waals surface area contributed by atoms with Crippen molar-refractivity contribution < 1.29 is 14.3 Å². The molecule has 0 N–H and O–H groups in total. The number of carbonyl (C=O) groups is 1. The molecule has 0 aliphatic carbocycles. The molecule has 0 atom stereocenters. The highest BCUT2D eigenvalue weighted by Crippen LogP contribution is 2.36. The van der Waals surface area contributed by atoms with Gasteiger partial charge < -0.3 is 14.4 Å². The number of nitrogens with zero attached hydrogens (tertiary/aromatic N) is 3. The highest BCUT2D eigenvalue weighted by Gasteiger charge is 2.22. The lowest BCUT2D eigenvalue weighted by Gasteiger charge is -2.22. The van der Waals surface area contributed by atoms with Gasteiger partial charge in [0.1, 0.15) is 17.0 Å². The standard InChI is InChI=1S/C21H25N3O3S/c1-15-10-11-17(26-4)19-20(15)28-21(22-19)24(13-12-23(2)3)18(25)14-27-16-8-6-5-7-9-16/h5-11H,12-14H2,1-4H3. The minimum absolute atomic E-state index is 0.0382. The van der Waals surface area contributed by atoms with Crippen LogP contribution in [0.25, 0.3) is 10.2 Å². The Morgan fingerprint density at radius 2 is 1.86 bits per heavy atom. The molecule has 28 heavy (non-hydrogen) atoms. The van der Waals surface area contributed by atoms with Crippen LogP contribution in [0.3, 0.4) is 0 Å². The van der Waals surface area contributed by atoms with Crippen molar-refractivity contribution in [3.05, 3.63) is 48.0 Å². The normalized spacial score (nSPS) is 11.0. The van der Waals surface area contributed by atoms with Crippen LogP contribution >= 0.6 is 11.3 Å². The third-order valence-electron chi connectivity index (χ3n) is 4.32. The number of rotatable bonds is 8. The van der Waals surface area contributed by atoms with E-state index in [-0.39, 0.29) is 12.5 Å². The molecule has 3 rings (SSSR count). The number of hydrogen-bond acceptors (Lipinski definition) is 6. The second-order valence-electron chi connectivity index (χ2n) is 6.71. The molecular weight excluding hydrogens is 374 g/mol. The predicted molar refractivity (Wildman–Crippen MR) is 114 cm³/mol. The number of amides is 1. The number of anilines is 1. The summed E-state index contributed by atoms with van der Waals surface area (Å²) in [6, 6.07) is 13.3. The Balaban J connectivity index is 1.87. The molecule has 2 aromatic carbocycles. The van der Waals surface area contributed by atoms with E-state index in [9.17, 15) is 4.79 Å². The average Bonchev–Trinajstić information content (AvgIpc) is 3.13. The summed E-state index contributed by atoms with van der Waals surface area (Å²) in [4.78, 5) is 21.4. The van der Waals surface area contributed by atoms with Crippen LogP contribution < -0.4 is 14.4 Å². The first-order chi connectivity index (χ1) is 13.5. The Morgan fingerprint density at radius 1 is 1.11 bits per heavy atom. The molecule has 148 valence electrons. The molecule has 3 aromatic rings. The maximum absolute atomic E-state index is 13.0. The molecule has 0 aliphatic heterocycles. The van der Waals surface area contributed by atoms with Crippen molar-refractivity contribution in [1.29, 1.82) is 0 Å². The van der Waals surface area contributed by atoms with Crippen molar-refractivity contribution in [2.75, 3.05) is 45.8 Å². The minimum atomic E-state index is -0.124. The Hall–Kier alpha value is -2.64. The largest absolute Gasteiger partial charge is 0.494 e. The third-order valence-corrected chi connectivity index (χ3v) is 5.53. The first kappa shape index (κ1) is 20.1. The SMILES string of the molecule is COc1ccc(C)c2sc(N(CCN(C)C)C(=O)COc3ccccc3)nc12. The number of fused-ring (bicyclic) bond motifs is 1. The lowest BCUT2D eigenvalue weighted by molar-refractivity contribution is -0.120. The molecule has 0 bridgehead atoms. The molecule has 1 heterocycles. The van der Waals surface area contributed by atoms with Gasteiger partial charge in [-0.2, -0.15) is 0 Å².